The number of hydrogen-bond acceptors (Lipinski definition) is 3. The molecule has 0 radical (unpaired) electrons. The standard InChI is InChI=1S/C19H22BrNO3S/c1-13-2-6-15(7-3-13)21-19(22)18-11-8-16(24-18)12-25(23)17-9-4-14(20)5-10-17/h4-5,8-11,13,15H,2-3,6-7,12H2,1H3,(H,21,22)/t13?,15?,25-/m1/s1. The normalized spacial score (nSPS) is 21.7. The molecule has 1 aliphatic carbocycles. The third-order valence-electron chi connectivity index (χ3n) is 4.59. The van der Waals surface area contributed by atoms with E-state index in [4.69, 9.17) is 4.42 Å². The fourth-order valence-corrected chi connectivity index (χ4v) is 4.32. The van der Waals surface area contributed by atoms with Crippen LogP contribution in [-0.2, 0) is 16.6 Å². The van der Waals surface area contributed by atoms with Crippen molar-refractivity contribution in [1.82, 2.24) is 5.32 Å². The summed E-state index contributed by atoms with van der Waals surface area (Å²) in [5, 5.41) is 3.05. The van der Waals surface area contributed by atoms with Crippen LogP contribution in [-0.4, -0.2) is 16.2 Å². The molecule has 6 heteroatoms. The number of carbonyl (C=O) groups excluding carboxylic acids is 1. The van der Waals surface area contributed by atoms with Crippen LogP contribution in [0.15, 0.2) is 50.2 Å². The number of hydrogen-bond donors (Lipinski definition) is 1. The molecule has 0 unspecified atom stereocenters. The molecule has 0 bridgehead atoms. The predicted molar refractivity (Wildman–Crippen MR) is 102 cm³/mol. The van der Waals surface area contributed by atoms with E-state index in [1.807, 2.05) is 24.3 Å². The summed E-state index contributed by atoms with van der Waals surface area (Å²) in [6.45, 7) is 2.25. The van der Waals surface area contributed by atoms with Crippen LogP contribution >= 0.6 is 15.9 Å². The van der Waals surface area contributed by atoms with Crippen LogP contribution in [0.3, 0.4) is 0 Å². The maximum absolute atomic E-state index is 12.4. The monoisotopic (exact) mass is 423 g/mol. The third-order valence-corrected chi connectivity index (χ3v) is 6.46. The van der Waals surface area contributed by atoms with E-state index in [0.717, 1.165) is 41.0 Å². The summed E-state index contributed by atoms with van der Waals surface area (Å²) in [6, 6.07) is 11.0. The van der Waals surface area contributed by atoms with Crippen LogP contribution in [0.5, 0.6) is 0 Å². The molecule has 3 rings (SSSR count). The predicted octanol–water partition coefficient (Wildman–Crippen LogP) is 4.66. The lowest BCUT2D eigenvalue weighted by atomic mass is 9.87. The van der Waals surface area contributed by atoms with E-state index in [2.05, 4.69) is 28.2 Å². The molecule has 1 fully saturated rings. The van der Waals surface area contributed by atoms with Crippen molar-refractivity contribution >= 4 is 32.6 Å². The smallest absolute Gasteiger partial charge is 0.287 e. The zero-order valence-electron chi connectivity index (χ0n) is 14.2. The molecular formula is C19H22BrNO3S. The van der Waals surface area contributed by atoms with Gasteiger partial charge in [-0.1, -0.05) is 22.9 Å². The molecule has 1 atom stereocenters. The first kappa shape index (κ1) is 18.4. The molecular weight excluding hydrogens is 402 g/mol. The summed E-state index contributed by atoms with van der Waals surface area (Å²) < 4.78 is 18.9. The van der Waals surface area contributed by atoms with Gasteiger partial charge < -0.3 is 9.73 Å². The van der Waals surface area contributed by atoms with E-state index < -0.39 is 10.8 Å². The van der Waals surface area contributed by atoms with Gasteiger partial charge in [-0.3, -0.25) is 9.00 Å². The molecule has 0 saturated heterocycles. The zero-order chi connectivity index (χ0) is 17.8. The first-order chi connectivity index (χ1) is 12.0. The minimum Gasteiger partial charge on any atom is -0.455 e. The Labute approximate surface area is 159 Å². The number of carbonyl (C=O) groups is 1. The van der Waals surface area contributed by atoms with Crippen molar-refractivity contribution < 1.29 is 13.4 Å². The summed E-state index contributed by atoms with van der Waals surface area (Å²) in [7, 11) is -1.20. The summed E-state index contributed by atoms with van der Waals surface area (Å²) in [4.78, 5) is 13.1. The van der Waals surface area contributed by atoms with Gasteiger partial charge in [-0.25, -0.2) is 0 Å². The average molecular weight is 424 g/mol. The van der Waals surface area contributed by atoms with Gasteiger partial charge in [-0.2, -0.15) is 0 Å². The van der Waals surface area contributed by atoms with Crippen LogP contribution in [0.4, 0.5) is 0 Å². The van der Waals surface area contributed by atoms with Crippen molar-refractivity contribution in [3.8, 4) is 0 Å². The van der Waals surface area contributed by atoms with E-state index in [0.29, 0.717) is 11.5 Å². The van der Waals surface area contributed by atoms with Crippen LogP contribution in [0.1, 0.15) is 48.9 Å². The van der Waals surface area contributed by atoms with E-state index in [1.54, 1.807) is 12.1 Å². The van der Waals surface area contributed by atoms with Crippen molar-refractivity contribution in [3.63, 3.8) is 0 Å². The molecule has 4 nitrogen and oxygen atoms in total. The van der Waals surface area contributed by atoms with Gasteiger partial charge in [0.05, 0.1) is 16.6 Å². The van der Waals surface area contributed by atoms with Crippen LogP contribution < -0.4 is 5.32 Å². The van der Waals surface area contributed by atoms with Gasteiger partial charge >= 0.3 is 0 Å². The molecule has 1 N–H and O–H groups in total. The lowest BCUT2D eigenvalue weighted by molar-refractivity contribution is 0.0893. The third kappa shape index (κ3) is 5.05. The van der Waals surface area contributed by atoms with Crippen LogP contribution in [0.25, 0.3) is 0 Å². The Bertz CT molecular complexity index is 748. The van der Waals surface area contributed by atoms with Gasteiger partial charge in [0.2, 0.25) is 0 Å². The Morgan fingerprint density at radius 3 is 2.52 bits per heavy atom. The molecule has 1 heterocycles. The Morgan fingerprint density at radius 2 is 1.84 bits per heavy atom. The van der Waals surface area contributed by atoms with E-state index in [1.165, 1.54) is 0 Å². The highest BCUT2D eigenvalue weighted by atomic mass is 79.9. The summed E-state index contributed by atoms with van der Waals surface area (Å²) in [6.07, 6.45) is 4.35. The van der Waals surface area contributed by atoms with E-state index in [9.17, 15) is 9.00 Å². The van der Waals surface area contributed by atoms with Crippen molar-refractivity contribution in [2.75, 3.05) is 0 Å². The number of benzene rings is 1. The highest BCUT2D eigenvalue weighted by Crippen LogP contribution is 2.24. The second-order valence-electron chi connectivity index (χ2n) is 6.64. The second kappa shape index (κ2) is 8.32. The Balaban J connectivity index is 1.57. The van der Waals surface area contributed by atoms with Gasteiger partial charge in [-0.05, 0) is 68.0 Å². The van der Waals surface area contributed by atoms with Crippen molar-refractivity contribution in [2.45, 2.75) is 49.3 Å². The molecule has 1 aliphatic rings. The van der Waals surface area contributed by atoms with E-state index in [-0.39, 0.29) is 17.7 Å². The minimum atomic E-state index is -1.20. The number of furan rings is 1. The highest BCUT2D eigenvalue weighted by molar-refractivity contribution is 9.10. The quantitative estimate of drug-likeness (QED) is 0.760. The fourth-order valence-electron chi connectivity index (χ4n) is 3.04. The van der Waals surface area contributed by atoms with Crippen LogP contribution in [0, 0.1) is 5.92 Å². The van der Waals surface area contributed by atoms with Gasteiger partial charge in [0, 0.05) is 15.4 Å². The molecule has 2 aromatic rings. The first-order valence-corrected chi connectivity index (χ1v) is 10.7. The van der Waals surface area contributed by atoms with Gasteiger partial charge in [0.25, 0.3) is 5.91 Å². The second-order valence-corrected chi connectivity index (χ2v) is 9.01. The maximum atomic E-state index is 12.4. The largest absolute Gasteiger partial charge is 0.455 e. The molecule has 0 spiro atoms. The number of nitrogens with one attached hydrogen (secondary N) is 1. The first-order valence-electron chi connectivity index (χ1n) is 8.55. The summed E-state index contributed by atoms with van der Waals surface area (Å²) in [5.41, 5.74) is 0. The molecule has 1 aromatic heterocycles. The molecule has 1 saturated carbocycles. The lowest BCUT2D eigenvalue weighted by Crippen LogP contribution is -2.37. The topological polar surface area (TPSA) is 59.3 Å². The lowest BCUT2D eigenvalue weighted by Gasteiger charge is -2.26. The Morgan fingerprint density at radius 1 is 1.16 bits per heavy atom. The molecule has 134 valence electrons. The summed E-state index contributed by atoms with van der Waals surface area (Å²) >= 11 is 3.36. The number of halogens is 1. The molecule has 1 amide bonds. The van der Waals surface area contributed by atoms with Crippen molar-refractivity contribution in [1.29, 1.82) is 0 Å². The SMILES string of the molecule is CC1CCC(NC(=O)c2ccc(C[S@@](=O)c3ccc(Br)cc3)o2)CC1. The van der Waals surface area contributed by atoms with E-state index >= 15 is 0 Å². The highest BCUT2D eigenvalue weighted by Gasteiger charge is 2.22. The van der Waals surface area contributed by atoms with Crippen LogP contribution in [0.2, 0.25) is 0 Å². The Kier molecular flexibility index (Phi) is 6.12. The average Bonchev–Trinajstić information content (AvgIpc) is 3.06. The molecule has 25 heavy (non-hydrogen) atoms. The fraction of sp³-hybridized carbons (Fsp3) is 0.421. The number of rotatable bonds is 5. The summed E-state index contributed by atoms with van der Waals surface area (Å²) in [5.74, 6) is 1.68. The van der Waals surface area contributed by atoms with Gasteiger partial charge in [0.15, 0.2) is 5.76 Å². The van der Waals surface area contributed by atoms with Gasteiger partial charge in [0.1, 0.15) is 5.76 Å². The Hall–Kier alpha value is -1.40. The number of amides is 1. The molecule has 1 aromatic carbocycles. The zero-order valence-corrected chi connectivity index (χ0v) is 16.6. The maximum Gasteiger partial charge on any atom is 0.287 e. The van der Waals surface area contributed by atoms with Crippen molar-refractivity contribution in [3.05, 3.63) is 52.4 Å². The van der Waals surface area contributed by atoms with Gasteiger partial charge in [-0.15, -0.1) is 0 Å². The minimum absolute atomic E-state index is 0.180. The molecule has 0 aliphatic heterocycles. The van der Waals surface area contributed by atoms with Crippen molar-refractivity contribution in [2.24, 2.45) is 5.92 Å².